The third kappa shape index (κ3) is 6.11. The van der Waals surface area contributed by atoms with Crippen LogP contribution in [0.1, 0.15) is 99.0 Å². The number of nitriles is 1. The van der Waals surface area contributed by atoms with Crippen LogP contribution in [0.4, 0.5) is 4.79 Å². The van der Waals surface area contributed by atoms with Crippen molar-refractivity contribution in [1.82, 2.24) is 24.9 Å². The number of fused-ring (bicyclic) bond motifs is 1. The molecule has 3 heterocycles. The van der Waals surface area contributed by atoms with Gasteiger partial charge in [-0.05, 0) is 85.4 Å². The van der Waals surface area contributed by atoms with Gasteiger partial charge in [-0.25, -0.2) is 13.2 Å². The minimum Gasteiger partial charge on any atom is -0.444 e. The second kappa shape index (κ2) is 11.6. The summed E-state index contributed by atoms with van der Waals surface area (Å²) in [5.41, 5.74) is 0.403. The molecule has 2 fully saturated rings. The lowest BCUT2D eigenvalue weighted by molar-refractivity contribution is -0.0634. The quantitative estimate of drug-likeness (QED) is 0.445. The van der Waals surface area contributed by atoms with Crippen molar-refractivity contribution in [3.05, 3.63) is 52.3 Å². The van der Waals surface area contributed by atoms with Crippen molar-refractivity contribution in [2.75, 3.05) is 19.7 Å². The molecule has 0 unspecified atom stereocenters. The number of aryl methyl sites for hydroxylation is 1. The van der Waals surface area contributed by atoms with Gasteiger partial charge in [-0.2, -0.15) is 10.4 Å². The molecule has 47 heavy (non-hydrogen) atoms. The molecular formula is C33H44N6O7S. The molecule has 2 aromatic rings. The standard InChI is InChI=1S/C33H44N6O7S/c1-30(2,3)46-29(42)39-24(19-45-32(39,6)7)31(4,5)47(43,44)33(14-15-33)20-38-16-13-23-25(36-37(8)26(23)28(38)41)27(40)35-18-22-11-9-21(17-34)10-12-22/h9-12,24H,13-16,18-20H2,1-8H3,(H,35,40)/t24-/m1/s1. The number of sulfone groups is 1. The number of nitrogens with zero attached hydrogens (tertiary/aromatic N) is 5. The molecule has 2 aliphatic heterocycles. The van der Waals surface area contributed by atoms with Crippen LogP contribution >= 0.6 is 0 Å². The monoisotopic (exact) mass is 668 g/mol. The van der Waals surface area contributed by atoms with Crippen LogP contribution in [-0.4, -0.2) is 92.5 Å². The van der Waals surface area contributed by atoms with E-state index in [4.69, 9.17) is 14.7 Å². The van der Waals surface area contributed by atoms with Crippen molar-refractivity contribution in [3.63, 3.8) is 0 Å². The van der Waals surface area contributed by atoms with E-state index in [2.05, 4.69) is 16.5 Å². The summed E-state index contributed by atoms with van der Waals surface area (Å²) >= 11 is 0. The SMILES string of the molecule is Cn1nc(C(=O)NCc2ccc(C#N)cc2)c2c1C(=O)N(CC1(S(=O)(=O)C(C)(C)[C@H]3COC(C)(C)N3C(=O)OC(C)(C)C)CC1)CC2. The molecule has 1 atom stereocenters. The maximum atomic E-state index is 14.5. The molecule has 3 aliphatic rings. The molecule has 0 radical (unpaired) electrons. The molecule has 0 spiro atoms. The molecule has 14 heteroatoms. The number of carbonyl (C=O) groups is 3. The minimum atomic E-state index is -3.96. The number of amides is 3. The molecule has 254 valence electrons. The summed E-state index contributed by atoms with van der Waals surface area (Å²) in [6.07, 6.45) is 0.454. The zero-order valence-corrected chi connectivity index (χ0v) is 29.2. The van der Waals surface area contributed by atoms with Gasteiger partial charge in [0, 0.05) is 32.2 Å². The van der Waals surface area contributed by atoms with Crippen LogP contribution in [-0.2, 0) is 39.3 Å². The Kier molecular flexibility index (Phi) is 8.50. The lowest BCUT2D eigenvalue weighted by atomic mass is 10.0. The van der Waals surface area contributed by atoms with Crippen molar-refractivity contribution in [2.24, 2.45) is 7.05 Å². The molecule has 1 aliphatic carbocycles. The van der Waals surface area contributed by atoms with Crippen molar-refractivity contribution < 1.29 is 32.3 Å². The highest BCUT2D eigenvalue weighted by Gasteiger charge is 2.65. The first-order valence-electron chi connectivity index (χ1n) is 15.8. The highest BCUT2D eigenvalue weighted by molar-refractivity contribution is 7.94. The molecule has 0 bridgehead atoms. The van der Waals surface area contributed by atoms with E-state index in [-0.39, 0.29) is 43.5 Å². The van der Waals surface area contributed by atoms with Crippen LogP contribution in [0.25, 0.3) is 0 Å². The van der Waals surface area contributed by atoms with E-state index >= 15 is 0 Å². The van der Waals surface area contributed by atoms with E-state index in [1.807, 2.05) is 0 Å². The van der Waals surface area contributed by atoms with Crippen molar-refractivity contribution in [3.8, 4) is 6.07 Å². The van der Waals surface area contributed by atoms with Crippen LogP contribution in [0, 0.1) is 11.3 Å². The fraction of sp³-hybridized carbons (Fsp3) is 0.606. The minimum absolute atomic E-state index is 0.00809. The Morgan fingerprint density at radius 1 is 1.15 bits per heavy atom. The number of carbonyl (C=O) groups excluding carboxylic acids is 3. The summed E-state index contributed by atoms with van der Waals surface area (Å²) in [4.78, 5) is 43.3. The predicted octanol–water partition coefficient (Wildman–Crippen LogP) is 3.32. The van der Waals surface area contributed by atoms with E-state index in [9.17, 15) is 22.8 Å². The molecular weight excluding hydrogens is 624 g/mol. The molecule has 1 aromatic heterocycles. The van der Waals surface area contributed by atoms with Gasteiger partial charge in [0.15, 0.2) is 15.5 Å². The van der Waals surface area contributed by atoms with Crippen LogP contribution in [0.2, 0.25) is 0 Å². The Labute approximate surface area is 276 Å². The number of ether oxygens (including phenoxy) is 2. The number of nitrogens with one attached hydrogen (secondary N) is 1. The van der Waals surface area contributed by atoms with E-state index in [0.717, 1.165) is 5.56 Å². The van der Waals surface area contributed by atoms with E-state index in [1.165, 1.54) is 9.58 Å². The summed E-state index contributed by atoms with van der Waals surface area (Å²) in [6, 6.07) is 8.10. The van der Waals surface area contributed by atoms with Crippen LogP contribution in [0.5, 0.6) is 0 Å². The Balaban J connectivity index is 1.33. The van der Waals surface area contributed by atoms with Crippen molar-refractivity contribution in [2.45, 2.75) is 101 Å². The highest BCUT2D eigenvalue weighted by atomic mass is 32.2. The first-order valence-corrected chi connectivity index (χ1v) is 17.3. The van der Waals surface area contributed by atoms with Crippen molar-refractivity contribution in [1.29, 1.82) is 5.26 Å². The molecule has 1 saturated heterocycles. The third-order valence-corrected chi connectivity index (χ3v) is 12.8. The maximum absolute atomic E-state index is 14.5. The zero-order chi connectivity index (χ0) is 34.7. The predicted molar refractivity (Wildman–Crippen MR) is 172 cm³/mol. The lowest BCUT2D eigenvalue weighted by Crippen LogP contribution is -2.61. The van der Waals surface area contributed by atoms with E-state index < -0.39 is 48.7 Å². The fourth-order valence-electron chi connectivity index (χ4n) is 6.57. The zero-order valence-electron chi connectivity index (χ0n) is 28.3. The Hall–Kier alpha value is -3.96. The first kappa shape index (κ1) is 34.4. The largest absolute Gasteiger partial charge is 0.444 e. The van der Waals surface area contributed by atoms with Gasteiger partial charge in [0.05, 0.1) is 33.8 Å². The van der Waals surface area contributed by atoms with Gasteiger partial charge < -0.3 is 19.7 Å². The Bertz CT molecular complexity index is 1740. The van der Waals surface area contributed by atoms with Gasteiger partial charge in [-0.15, -0.1) is 0 Å². The average Bonchev–Trinajstić information content (AvgIpc) is 3.59. The van der Waals surface area contributed by atoms with Gasteiger partial charge >= 0.3 is 6.09 Å². The van der Waals surface area contributed by atoms with Gasteiger partial charge in [0.1, 0.15) is 17.0 Å². The van der Waals surface area contributed by atoms with Gasteiger partial charge in [-0.3, -0.25) is 19.2 Å². The van der Waals surface area contributed by atoms with Crippen LogP contribution < -0.4 is 5.32 Å². The number of rotatable bonds is 8. The van der Waals surface area contributed by atoms with Gasteiger partial charge in [0.25, 0.3) is 11.8 Å². The number of hydrogen-bond donors (Lipinski definition) is 1. The molecule has 13 nitrogen and oxygen atoms in total. The highest BCUT2D eigenvalue weighted by Crippen LogP contribution is 2.52. The van der Waals surface area contributed by atoms with Crippen molar-refractivity contribution >= 4 is 27.7 Å². The number of benzene rings is 1. The summed E-state index contributed by atoms with van der Waals surface area (Å²) in [5, 5.41) is 16.2. The van der Waals surface area contributed by atoms with E-state index in [0.29, 0.717) is 30.4 Å². The summed E-state index contributed by atoms with van der Waals surface area (Å²) in [6.45, 7) is 12.4. The van der Waals surface area contributed by atoms with Crippen LogP contribution in [0.3, 0.4) is 0 Å². The van der Waals surface area contributed by atoms with Gasteiger partial charge in [0.2, 0.25) is 0 Å². The third-order valence-electron chi connectivity index (χ3n) is 9.45. The number of aromatic nitrogens is 2. The fourth-order valence-corrected chi connectivity index (χ4v) is 9.19. The van der Waals surface area contributed by atoms with Crippen LogP contribution in [0.15, 0.2) is 24.3 Å². The summed E-state index contributed by atoms with van der Waals surface area (Å²) in [5.74, 6) is -0.806. The molecule has 5 rings (SSSR count). The maximum Gasteiger partial charge on any atom is 0.412 e. The smallest absolute Gasteiger partial charge is 0.412 e. The van der Waals surface area contributed by atoms with E-state index in [1.54, 1.807) is 84.7 Å². The summed E-state index contributed by atoms with van der Waals surface area (Å²) in [7, 11) is -2.36. The van der Waals surface area contributed by atoms with Gasteiger partial charge in [-0.1, -0.05) is 12.1 Å². The molecule has 1 N–H and O–H groups in total. The second-order valence-corrected chi connectivity index (χ2v) is 17.6. The normalized spacial score (nSPS) is 20.4. The Morgan fingerprint density at radius 3 is 2.36 bits per heavy atom. The summed E-state index contributed by atoms with van der Waals surface area (Å²) < 4.78 is 39.5. The average molecular weight is 669 g/mol. The Morgan fingerprint density at radius 2 is 1.79 bits per heavy atom. The lowest BCUT2D eigenvalue weighted by Gasteiger charge is -2.42. The second-order valence-electron chi connectivity index (χ2n) is 14.7. The topological polar surface area (TPSA) is 164 Å². The molecule has 1 saturated carbocycles. The number of hydrogen-bond acceptors (Lipinski definition) is 9. The molecule has 3 amide bonds. The first-order chi connectivity index (χ1) is 21.7. The molecule has 1 aromatic carbocycles.